The van der Waals surface area contributed by atoms with Crippen molar-refractivity contribution in [1.82, 2.24) is 15.0 Å². The lowest BCUT2D eigenvalue weighted by atomic mass is 9.86. The normalized spacial score (nSPS) is 19.6. The molecule has 2 unspecified atom stereocenters. The molecule has 3 N–H and O–H groups in total. The number of nitrogens with one attached hydrogen (secondary N) is 1. The molecule has 0 saturated carbocycles. The van der Waals surface area contributed by atoms with Gasteiger partial charge in [-0.25, -0.2) is 0 Å². The van der Waals surface area contributed by atoms with Crippen molar-refractivity contribution in [3.05, 3.63) is 107 Å². The van der Waals surface area contributed by atoms with Crippen LogP contribution in [0.25, 0.3) is 0 Å². The Morgan fingerprint density at radius 3 is 2.44 bits per heavy atom. The Morgan fingerprint density at radius 2 is 1.79 bits per heavy atom. The predicted molar refractivity (Wildman–Crippen MR) is 168 cm³/mol. The summed E-state index contributed by atoms with van der Waals surface area (Å²) in [6.07, 6.45) is 1.95. The highest BCUT2D eigenvalue weighted by Gasteiger charge is 2.46. The highest BCUT2D eigenvalue weighted by Crippen LogP contribution is 2.47. The van der Waals surface area contributed by atoms with Gasteiger partial charge in [0.1, 0.15) is 11.9 Å². The van der Waals surface area contributed by atoms with Gasteiger partial charge in [0.25, 0.3) is 5.91 Å². The molecule has 1 aliphatic rings. The summed E-state index contributed by atoms with van der Waals surface area (Å²) < 4.78 is 14.4. The summed E-state index contributed by atoms with van der Waals surface area (Å²) in [4.78, 5) is 24.2. The van der Waals surface area contributed by atoms with Gasteiger partial charge in [0.2, 0.25) is 0 Å². The number of carbonyl (C=O) groups is 1. The summed E-state index contributed by atoms with van der Waals surface area (Å²) in [6.45, 7) is 6.45. The first-order valence-electron chi connectivity index (χ1n) is 14.7. The molecule has 0 bridgehead atoms. The zero-order valence-corrected chi connectivity index (χ0v) is 26.1. The maximum Gasteiger partial charge on any atom is 0.255 e. The largest absolute Gasteiger partial charge is 0.490 e. The van der Waals surface area contributed by atoms with Gasteiger partial charge in [-0.05, 0) is 55.4 Å². The zero-order valence-electron chi connectivity index (χ0n) is 25.1. The summed E-state index contributed by atoms with van der Waals surface area (Å²) in [5.41, 5.74) is 3.67. The second kappa shape index (κ2) is 13.2. The number of ether oxygens (including phenoxy) is 2. The Kier molecular flexibility index (Phi) is 9.41. The molecule has 5 rings (SSSR count). The number of aromatic nitrogens is 3. The summed E-state index contributed by atoms with van der Waals surface area (Å²) in [6, 6.07) is 24.5. The average Bonchev–Trinajstić information content (AvgIpc) is 3.47. The molecule has 3 aromatic carbocycles. The molecule has 43 heavy (non-hydrogen) atoms. The van der Waals surface area contributed by atoms with Crippen molar-refractivity contribution >= 4 is 19.9 Å². The molecule has 10 heteroatoms. The number of anilines is 1. The number of rotatable bonds is 11. The van der Waals surface area contributed by atoms with Crippen molar-refractivity contribution in [2.75, 3.05) is 19.0 Å². The van der Waals surface area contributed by atoms with Gasteiger partial charge in [-0.3, -0.25) is 9.48 Å². The molecule has 0 spiro atoms. The Labute approximate surface area is 253 Å². The number of aliphatic hydroxyl groups is 1. The fourth-order valence-corrected chi connectivity index (χ4v) is 8.09. The van der Waals surface area contributed by atoms with Crippen LogP contribution in [0, 0.1) is 5.92 Å². The maximum atomic E-state index is 12.7. The van der Waals surface area contributed by atoms with E-state index in [1.54, 1.807) is 23.9 Å². The molecular formula is C33H40N4O5Si. The van der Waals surface area contributed by atoms with Gasteiger partial charge in [-0.2, -0.15) is 0 Å². The fraction of sp³-hybridized carbons (Fsp3) is 0.364. The van der Waals surface area contributed by atoms with Crippen LogP contribution in [0.15, 0.2) is 85.1 Å². The monoisotopic (exact) mass is 600 g/mol. The Hall–Kier alpha value is -3.83. The van der Waals surface area contributed by atoms with E-state index in [9.17, 15) is 14.7 Å². The molecule has 4 aromatic rings. The van der Waals surface area contributed by atoms with Gasteiger partial charge in [-0.15, -0.1) is 5.10 Å². The van der Waals surface area contributed by atoms with Crippen molar-refractivity contribution < 1.29 is 24.2 Å². The Bertz CT molecular complexity index is 1510. The first kappa shape index (κ1) is 30.6. The summed E-state index contributed by atoms with van der Waals surface area (Å²) >= 11 is 0. The molecule has 0 saturated heterocycles. The molecule has 0 aliphatic carbocycles. The van der Waals surface area contributed by atoms with E-state index < -0.39 is 8.32 Å². The predicted octanol–water partition coefficient (Wildman–Crippen LogP) is 5.40. The van der Waals surface area contributed by atoms with Crippen LogP contribution in [0.1, 0.15) is 52.5 Å². The van der Waals surface area contributed by atoms with Crippen molar-refractivity contribution in [2.45, 2.75) is 56.7 Å². The smallest absolute Gasteiger partial charge is 0.255 e. The van der Waals surface area contributed by atoms with E-state index in [0.717, 1.165) is 11.1 Å². The van der Waals surface area contributed by atoms with Gasteiger partial charge in [0, 0.05) is 48.1 Å². The number of amides is 1. The van der Waals surface area contributed by atoms with Crippen molar-refractivity contribution in [1.29, 1.82) is 0 Å². The van der Waals surface area contributed by atoms with Crippen molar-refractivity contribution in [3.63, 3.8) is 0 Å². The summed E-state index contributed by atoms with van der Waals surface area (Å²) in [5, 5.41) is 21.7. The third kappa shape index (κ3) is 6.88. The molecule has 226 valence electrons. The van der Waals surface area contributed by atoms with E-state index in [1.165, 1.54) is 0 Å². The Balaban J connectivity index is 1.33. The number of hydrogen-bond acceptors (Lipinski definition) is 7. The van der Waals surface area contributed by atoms with Crippen LogP contribution < -0.4 is 10.1 Å². The number of hydrogen-bond donors (Lipinski definition) is 3. The SMILES string of the molecule is CO[C@@H]1c2cc(NC(=O)c3ccccc3)ccc2O[C@H](C(CCn2cc(C(CO)c3ccccc3)nn2)[Si](C)(C)O)[C@H]1C. The topological polar surface area (TPSA) is 119 Å². The van der Waals surface area contributed by atoms with E-state index >= 15 is 0 Å². The standard InChI is InChI=1S/C33H40N4O5Si/c1-22-31(41-2)26-19-25(34-33(39)24-13-9-6-10-14-24)15-16-29(26)42-32(22)30(43(3,4)40)17-18-37-20-28(35-36-37)27(21-38)23-11-7-5-8-12-23/h5-16,19-20,22,27,30-32,38,40H,17-18,21H2,1-4H3,(H,34,39)/t22-,27?,30?,31-,32-/m0/s1. The van der Waals surface area contributed by atoms with Crippen molar-refractivity contribution in [3.8, 4) is 5.75 Å². The Morgan fingerprint density at radius 1 is 1.09 bits per heavy atom. The average molecular weight is 601 g/mol. The van der Waals surface area contributed by atoms with Crippen LogP contribution in [0.3, 0.4) is 0 Å². The number of aliphatic hydroxyl groups excluding tert-OH is 1. The second-order valence-corrected chi connectivity index (χ2v) is 15.8. The number of methoxy groups -OCH3 is 1. The lowest BCUT2D eigenvalue weighted by molar-refractivity contribution is -0.0247. The number of fused-ring (bicyclic) bond motifs is 1. The van der Waals surface area contributed by atoms with Gasteiger partial charge in [0.05, 0.1) is 24.3 Å². The first-order valence-corrected chi connectivity index (χ1v) is 17.7. The quantitative estimate of drug-likeness (QED) is 0.197. The number of aryl methyl sites for hydroxylation is 1. The minimum Gasteiger partial charge on any atom is -0.490 e. The van der Waals surface area contributed by atoms with Crippen LogP contribution in [-0.2, 0) is 11.3 Å². The molecule has 2 heterocycles. The highest BCUT2D eigenvalue weighted by atomic mass is 28.4. The molecule has 9 nitrogen and oxygen atoms in total. The number of nitrogens with zero attached hydrogens (tertiary/aromatic N) is 3. The lowest BCUT2D eigenvalue weighted by Gasteiger charge is -2.43. The molecule has 1 aromatic heterocycles. The van der Waals surface area contributed by atoms with E-state index in [2.05, 4.69) is 22.6 Å². The fourth-order valence-electron chi connectivity index (χ4n) is 6.08. The number of carbonyl (C=O) groups excluding carboxylic acids is 1. The van der Waals surface area contributed by atoms with Crippen molar-refractivity contribution in [2.24, 2.45) is 5.92 Å². The molecule has 1 aliphatic heterocycles. The maximum absolute atomic E-state index is 12.7. The molecule has 5 atom stereocenters. The van der Waals surface area contributed by atoms with Crippen LogP contribution in [0.4, 0.5) is 5.69 Å². The summed E-state index contributed by atoms with van der Waals surface area (Å²) in [5.74, 6) is 0.185. The minimum atomic E-state index is -2.72. The zero-order chi connectivity index (χ0) is 30.6. The molecule has 0 fully saturated rings. The highest BCUT2D eigenvalue weighted by molar-refractivity contribution is 6.71. The van der Waals surface area contributed by atoms with Crippen LogP contribution >= 0.6 is 0 Å². The molecular weight excluding hydrogens is 560 g/mol. The summed E-state index contributed by atoms with van der Waals surface area (Å²) in [7, 11) is -1.04. The second-order valence-electron chi connectivity index (χ2n) is 11.8. The van der Waals surface area contributed by atoms with Crippen LogP contribution in [-0.4, -0.2) is 58.9 Å². The van der Waals surface area contributed by atoms with E-state index in [-0.39, 0.29) is 42.1 Å². The van der Waals surface area contributed by atoms with Gasteiger partial charge >= 0.3 is 0 Å². The van der Waals surface area contributed by atoms with E-state index in [0.29, 0.717) is 35.7 Å². The van der Waals surface area contributed by atoms with Gasteiger partial charge in [-0.1, -0.05) is 60.7 Å². The number of benzene rings is 3. The van der Waals surface area contributed by atoms with Gasteiger partial charge in [0.15, 0.2) is 8.32 Å². The third-order valence-corrected chi connectivity index (χ3v) is 10.8. The van der Waals surface area contributed by atoms with E-state index in [1.807, 2.05) is 86.0 Å². The minimum absolute atomic E-state index is 0.0647. The lowest BCUT2D eigenvalue weighted by Crippen LogP contribution is -2.48. The molecule has 1 amide bonds. The third-order valence-electron chi connectivity index (χ3n) is 8.39. The molecule has 0 radical (unpaired) electrons. The van der Waals surface area contributed by atoms with Gasteiger partial charge < -0.3 is 24.7 Å². The van der Waals surface area contributed by atoms with Crippen LogP contribution in [0.2, 0.25) is 18.6 Å². The first-order chi connectivity index (χ1) is 20.7. The van der Waals surface area contributed by atoms with Crippen LogP contribution in [0.5, 0.6) is 5.75 Å². The van der Waals surface area contributed by atoms with E-state index in [4.69, 9.17) is 9.47 Å².